The van der Waals surface area contributed by atoms with Crippen molar-refractivity contribution in [2.45, 2.75) is 49.3 Å². The Bertz CT molecular complexity index is 944. The Morgan fingerprint density at radius 1 is 0.667 bits per heavy atom. The highest BCUT2D eigenvalue weighted by atomic mass is 32.2. The highest BCUT2D eigenvalue weighted by Crippen LogP contribution is 2.45. The molecule has 0 saturated heterocycles. The van der Waals surface area contributed by atoms with Crippen molar-refractivity contribution in [3.8, 4) is 0 Å². The first kappa shape index (κ1) is 22.4. The van der Waals surface area contributed by atoms with Crippen LogP contribution in [0.25, 0.3) is 0 Å². The van der Waals surface area contributed by atoms with E-state index >= 15 is 0 Å². The molecular formula is C22H28N4O2S2. The topological polar surface area (TPSA) is 138 Å². The summed E-state index contributed by atoms with van der Waals surface area (Å²) in [6.07, 6.45) is 4.12. The van der Waals surface area contributed by atoms with Gasteiger partial charge in [-0.3, -0.25) is 9.59 Å². The molecule has 1 aliphatic rings. The van der Waals surface area contributed by atoms with Crippen LogP contribution in [-0.2, 0) is 0 Å². The third-order valence-corrected chi connectivity index (χ3v) is 7.42. The Labute approximate surface area is 185 Å². The van der Waals surface area contributed by atoms with Crippen LogP contribution in [-0.4, -0.2) is 23.1 Å². The molecule has 2 aromatic carbocycles. The first-order valence-electron chi connectivity index (χ1n) is 10.1. The van der Waals surface area contributed by atoms with Gasteiger partial charge in [0, 0.05) is 21.2 Å². The lowest BCUT2D eigenvalue weighted by molar-refractivity contribution is 0.0981. The van der Waals surface area contributed by atoms with Crippen molar-refractivity contribution >= 4 is 57.8 Å². The summed E-state index contributed by atoms with van der Waals surface area (Å²) in [6.45, 7) is 4.21. The summed E-state index contributed by atoms with van der Waals surface area (Å²) in [5, 5.41) is 0. The number of nitrogen functional groups attached to an aromatic ring is 4. The Kier molecular flexibility index (Phi) is 6.88. The van der Waals surface area contributed by atoms with Gasteiger partial charge in [-0.25, -0.2) is 0 Å². The maximum Gasteiger partial charge on any atom is 0.198 e. The molecule has 0 saturated carbocycles. The molecule has 8 N–H and O–H groups in total. The first-order chi connectivity index (χ1) is 14.3. The number of thioether (sulfide) groups is 2. The maximum atomic E-state index is 13.5. The second-order valence-corrected chi connectivity index (χ2v) is 9.59. The van der Waals surface area contributed by atoms with E-state index in [0.29, 0.717) is 9.79 Å². The van der Waals surface area contributed by atoms with Crippen molar-refractivity contribution in [1.82, 2.24) is 0 Å². The second kappa shape index (κ2) is 9.22. The number of nitrogens with two attached hydrogens (primary N) is 4. The Morgan fingerprint density at radius 3 is 1.40 bits per heavy atom. The summed E-state index contributed by atoms with van der Waals surface area (Å²) in [6, 6.07) is 3.36. The third-order valence-electron chi connectivity index (χ3n) is 5.14. The molecule has 0 heterocycles. The molecule has 6 nitrogen and oxygen atoms in total. The summed E-state index contributed by atoms with van der Waals surface area (Å²) in [7, 11) is 0. The number of unbranched alkanes of at least 4 members (excludes halogenated alkanes) is 2. The van der Waals surface area contributed by atoms with E-state index in [0.717, 1.165) is 37.2 Å². The van der Waals surface area contributed by atoms with Gasteiger partial charge in [-0.05, 0) is 36.5 Å². The zero-order valence-electron chi connectivity index (χ0n) is 17.3. The fourth-order valence-corrected chi connectivity index (χ4v) is 5.73. The predicted octanol–water partition coefficient (Wildman–Crippen LogP) is 4.58. The number of rotatable bonds is 8. The van der Waals surface area contributed by atoms with Gasteiger partial charge in [0.1, 0.15) is 0 Å². The van der Waals surface area contributed by atoms with Crippen molar-refractivity contribution in [2.24, 2.45) is 0 Å². The van der Waals surface area contributed by atoms with Crippen molar-refractivity contribution < 1.29 is 9.59 Å². The van der Waals surface area contributed by atoms with E-state index in [1.807, 2.05) is 0 Å². The van der Waals surface area contributed by atoms with Crippen LogP contribution in [0.3, 0.4) is 0 Å². The average molecular weight is 445 g/mol. The zero-order chi connectivity index (χ0) is 22.0. The number of carbonyl (C=O) groups is 2. The molecule has 0 amide bonds. The monoisotopic (exact) mass is 444 g/mol. The largest absolute Gasteiger partial charge is 0.398 e. The van der Waals surface area contributed by atoms with Crippen molar-refractivity contribution in [3.63, 3.8) is 0 Å². The highest BCUT2D eigenvalue weighted by Gasteiger charge is 2.38. The van der Waals surface area contributed by atoms with E-state index in [1.165, 1.54) is 23.5 Å². The van der Waals surface area contributed by atoms with Crippen LogP contribution in [0.15, 0.2) is 21.9 Å². The number of anilines is 4. The molecule has 1 aliphatic carbocycles. The minimum atomic E-state index is -0.400. The molecule has 2 aromatic rings. The van der Waals surface area contributed by atoms with Gasteiger partial charge in [0.15, 0.2) is 11.6 Å². The number of benzene rings is 2. The Morgan fingerprint density at radius 2 is 1.03 bits per heavy atom. The van der Waals surface area contributed by atoms with Crippen molar-refractivity contribution in [1.29, 1.82) is 0 Å². The normalized spacial score (nSPS) is 12.7. The summed E-state index contributed by atoms with van der Waals surface area (Å²) in [4.78, 5) is 28.3. The zero-order valence-corrected chi connectivity index (χ0v) is 19.0. The molecule has 0 aromatic heterocycles. The molecule has 0 fully saturated rings. The SMILES string of the molecule is CCCCSc1cc(N)c2c(c1N)C(=O)c1c(N)c(SCCCC)cc(N)c1C2=O. The van der Waals surface area contributed by atoms with E-state index in [4.69, 9.17) is 22.9 Å². The maximum absolute atomic E-state index is 13.5. The molecule has 0 unspecified atom stereocenters. The molecule has 0 atom stereocenters. The van der Waals surface area contributed by atoms with Gasteiger partial charge in [0.2, 0.25) is 0 Å². The lowest BCUT2D eigenvalue weighted by Gasteiger charge is -2.25. The smallest absolute Gasteiger partial charge is 0.198 e. The Balaban J connectivity index is 2.14. The van der Waals surface area contributed by atoms with Gasteiger partial charge in [0.05, 0.1) is 33.6 Å². The molecule has 160 valence electrons. The van der Waals surface area contributed by atoms with Crippen molar-refractivity contribution in [2.75, 3.05) is 34.4 Å². The quantitative estimate of drug-likeness (QED) is 0.225. The van der Waals surface area contributed by atoms with Gasteiger partial charge in [0.25, 0.3) is 0 Å². The molecule has 30 heavy (non-hydrogen) atoms. The highest BCUT2D eigenvalue weighted by molar-refractivity contribution is 7.99. The standard InChI is InChI=1S/C22H28N4O2S2/c1-3-5-7-29-13-9-11(23)15-17(19(13)25)22(28)18-16(21(15)27)12(24)10-14(20(18)26)30-8-6-4-2/h9-10H,3-8,23-26H2,1-2H3. The predicted molar refractivity (Wildman–Crippen MR) is 129 cm³/mol. The van der Waals surface area contributed by atoms with Gasteiger partial charge in [-0.1, -0.05) is 26.7 Å². The van der Waals surface area contributed by atoms with Crippen LogP contribution in [0.2, 0.25) is 0 Å². The van der Waals surface area contributed by atoms with Gasteiger partial charge in [-0.2, -0.15) is 0 Å². The minimum absolute atomic E-state index is 0.127. The van der Waals surface area contributed by atoms with Gasteiger partial charge >= 0.3 is 0 Å². The summed E-state index contributed by atoms with van der Waals surface area (Å²) in [5.41, 5.74) is 26.7. The van der Waals surface area contributed by atoms with Crippen molar-refractivity contribution in [3.05, 3.63) is 34.4 Å². The number of ketones is 2. The molecular weight excluding hydrogens is 416 g/mol. The van der Waals surface area contributed by atoms with E-state index in [9.17, 15) is 9.59 Å². The van der Waals surface area contributed by atoms with E-state index in [2.05, 4.69) is 13.8 Å². The van der Waals surface area contributed by atoms with E-state index in [-0.39, 0.29) is 50.8 Å². The molecule has 8 heteroatoms. The summed E-state index contributed by atoms with van der Waals surface area (Å²) < 4.78 is 0. The minimum Gasteiger partial charge on any atom is -0.398 e. The summed E-state index contributed by atoms with van der Waals surface area (Å²) in [5.74, 6) is 0.919. The van der Waals surface area contributed by atoms with E-state index in [1.54, 1.807) is 12.1 Å². The number of hydrogen-bond donors (Lipinski definition) is 4. The number of fused-ring (bicyclic) bond motifs is 2. The third kappa shape index (κ3) is 3.86. The average Bonchev–Trinajstić information content (AvgIpc) is 2.70. The van der Waals surface area contributed by atoms with Crippen LogP contribution in [0.1, 0.15) is 71.4 Å². The number of hydrogen-bond acceptors (Lipinski definition) is 8. The van der Waals surface area contributed by atoms with Crippen LogP contribution in [0.5, 0.6) is 0 Å². The fraction of sp³-hybridized carbons (Fsp3) is 0.364. The van der Waals surface area contributed by atoms with Crippen LogP contribution in [0.4, 0.5) is 22.7 Å². The fourth-order valence-electron chi connectivity index (χ4n) is 3.49. The van der Waals surface area contributed by atoms with Crippen LogP contribution >= 0.6 is 23.5 Å². The lowest BCUT2D eigenvalue weighted by atomic mass is 9.81. The van der Waals surface area contributed by atoms with Gasteiger partial charge < -0.3 is 22.9 Å². The molecule has 0 aliphatic heterocycles. The number of carbonyl (C=O) groups excluding carboxylic acids is 2. The van der Waals surface area contributed by atoms with E-state index < -0.39 is 5.78 Å². The summed E-state index contributed by atoms with van der Waals surface area (Å²) >= 11 is 3.08. The second-order valence-electron chi connectivity index (χ2n) is 7.32. The van der Waals surface area contributed by atoms with Crippen LogP contribution < -0.4 is 22.9 Å². The first-order valence-corrected chi connectivity index (χ1v) is 12.1. The lowest BCUT2D eigenvalue weighted by Crippen LogP contribution is -2.27. The molecule has 0 spiro atoms. The molecule has 0 radical (unpaired) electrons. The Hall–Kier alpha value is -2.32. The molecule has 3 rings (SSSR count). The molecule has 0 bridgehead atoms. The van der Waals surface area contributed by atoms with Gasteiger partial charge in [-0.15, -0.1) is 23.5 Å². The van der Waals surface area contributed by atoms with Crippen LogP contribution in [0, 0.1) is 0 Å².